The number of rotatable bonds is 3. The first kappa shape index (κ1) is 17.0. The van der Waals surface area contributed by atoms with Crippen molar-refractivity contribution < 1.29 is 4.79 Å². The van der Waals surface area contributed by atoms with Gasteiger partial charge in [-0.3, -0.25) is 9.48 Å². The first-order valence-electron chi connectivity index (χ1n) is 6.98. The van der Waals surface area contributed by atoms with E-state index in [1.807, 2.05) is 10.9 Å². The lowest BCUT2D eigenvalue weighted by molar-refractivity contribution is -0.120. The molecule has 114 valence electrons. The van der Waals surface area contributed by atoms with Crippen LogP contribution in [0, 0.1) is 11.8 Å². The van der Waals surface area contributed by atoms with Gasteiger partial charge in [0, 0.05) is 12.1 Å². The van der Waals surface area contributed by atoms with Crippen LogP contribution in [0.3, 0.4) is 0 Å². The van der Waals surface area contributed by atoms with Gasteiger partial charge in [-0.2, -0.15) is 5.10 Å². The van der Waals surface area contributed by atoms with Crippen LogP contribution in [0.15, 0.2) is 12.4 Å². The van der Waals surface area contributed by atoms with Crippen LogP contribution < -0.4 is 11.1 Å². The highest BCUT2D eigenvalue weighted by Crippen LogP contribution is 2.31. The van der Waals surface area contributed by atoms with Crippen LogP contribution in [0.25, 0.3) is 0 Å². The predicted molar refractivity (Wildman–Crippen MR) is 83.0 cm³/mol. The number of nitrogens with zero attached hydrogens (tertiary/aromatic N) is 2. The first-order valence-corrected chi connectivity index (χ1v) is 6.98. The lowest BCUT2D eigenvalue weighted by atomic mass is 9.95. The minimum Gasteiger partial charge on any atom is -0.330 e. The molecule has 0 unspecified atom stereocenters. The predicted octanol–water partition coefficient (Wildman–Crippen LogP) is 2.37. The van der Waals surface area contributed by atoms with Crippen LogP contribution in [0.2, 0.25) is 0 Å². The fraction of sp³-hybridized carbons (Fsp3) is 0.714. The van der Waals surface area contributed by atoms with Crippen molar-refractivity contribution >= 4 is 24.0 Å². The highest BCUT2D eigenvalue weighted by atomic mass is 35.5. The van der Waals surface area contributed by atoms with Crippen LogP contribution in [0.1, 0.15) is 40.0 Å². The second kappa shape index (κ2) is 6.59. The molecule has 20 heavy (non-hydrogen) atoms. The number of aromatic nitrogens is 2. The molecule has 1 aromatic heterocycles. The van der Waals surface area contributed by atoms with Crippen LogP contribution >= 0.6 is 12.4 Å². The van der Waals surface area contributed by atoms with E-state index in [9.17, 15) is 4.79 Å². The van der Waals surface area contributed by atoms with Crippen LogP contribution in [0.4, 0.5) is 5.69 Å². The van der Waals surface area contributed by atoms with Crippen molar-refractivity contribution in [1.29, 1.82) is 0 Å². The Morgan fingerprint density at radius 2 is 2.20 bits per heavy atom. The molecule has 0 radical (unpaired) electrons. The Kier molecular flexibility index (Phi) is 5.59. The van der Waals surface area contributed by atoms with Crippen molar-refractivity contribution in [2.75, 3.05) is 11.9 Å². The Bertz CT molecular complexity index is 452. The van der Waals surface area contributed by atoms with E-state index in [0.717, 1.165) is 24.9 Å². The monoisotopic (exact) mass is 300 g/mol. The summed E-state index contributed by atoms with van der Waals surface area (Å²) in [7, 11) is 0. The van der Waals surface area contributed by atoms with Gasteiger partial charge in [-0.1, -0.05) is 6.42 Å². The number of amides is 1. The Labute approximate surface area is 126 Å². The molecule has 0 aromatic carbocycles. The minimum atomic E-state index is -0.0733. The van der Waals surface area contributed by atoms with E-state index in [2.05, 4.69) is 31.2 Å². The van der Waals surface area contributed by atoms with Gasteiger partial charge in [0.25, 0.3) is 0 Å². The Morgan fingerprint density at radius 1 is 1.50 bits per heavy atom. The van der Waals surface area contributed by atoms with Crippen molar-refractivity contribution in [3.05, 3.63) is 12.4 Å². The lowest BCUT2D eigenvalue weighted by Crippen LogP contribution is -2.29. The number of hydrogen-bond donors (Lipinski definition) is 2. The normalized spacial score (nSPS) is 22.4. The van der Waals surface area contributed by atoms with Gasteiger partial charge in [0.05, 0.1) is 17.4 Å². The van der Waals surface area contributed by atoms with Gasteiger partial charge in [0.15, 0.2) is 0 Å². The van der Waals surface area contributed by atoms with E-state index in [0.29, 0.717) is 12.5 Å². The smallest absolute Gasteiger partial charge is 0.227 e. The van der Waals surface area contributed by atoms with Crippen molar-refractivity contribution in [2.45, 2.75) is 45.6 Å². The lowest BCUT2D eigenvalue weighted by Gasteiger charge is -2.19. The molecule has 1 fully saturated rings. The van der Waals surface area contributed by atoms with E-state index in [4.69, 9.17) is 5.73 Å². The van der Waals surface area contributed by atoms with E-state index in [1.165, 1.54) is 0 Å². The summed E-state index contributed by atoms with van der Waals surface area (Å²) < 4.78 is 1.86. The highest BCUT2D eigenvalue weighted by Gasteiger charge is 2.32. The molecule has 2 atom stereocenters. The Hall–Kier alpha value is -1.07. The summed E-state index contributed by atoms with van der Waals surface area (Å²) in [6.45, 7) is 6.83. The Morgan fingerprint density at radius 3 is 2.75 bits per heavy atom. The van der Waals surface area contributed by atoms with Crippen molar-refractivity contribution in [2.24, 2.45) is 17.6 Å². The molecule has 1 aromatic rings. The van der Waals surface area contributed by atoms with Gasteiger partial charge in [-0.25, -0.2) is 0 Å². The van der Waals surface area contributed by atoms with Gasteiger partial charge < -0.3 is 11.1 Å². The third-order valence-electron chi connectivity index (χ3n) is 3.84. The molecule has 3 N–H and O–H groups in total. The van der Waals surface area contributed by atoms with Crippen LogP contribution in [-0.4, -0.2) is 22.2 Å². The average molecular weight is 301 g/mol. The highest BCUT2D eigenvalue weighted by molar-refractivity contribution is 5.92. The van der Waals surface area contributed by atoms with Gasteiger partial charge >= 0.3 is 0 Å². The van der Waals surface area contributed by atoms with E-state index in [1.54, 1.807) is 6.20 Å². The molecule has 5 nitrogen and oxygen atoms in total. The maximum absolute atomic E-state index is 12.2. The van der Waals surface area contributed by atoms with Crippen LogP contribution in [0.5, 0.6) is 0 Å². The molecule has 0 bridgehead atoms. The number of carbonyl (C=O) groups is 1. The number of carbonyl (C=O) groups excluding carboxylic acids is 1. The molecule has 1 aliphatic carbocycles. The summed E-state index contributed by atoms with van der Waals surface area (Å²) in [4.78, 5) is 12.2. The number of nitrogens with two attached hydrogens (primary N) is 1. The van der Waals surface area contributed by atoms with Gasteiger partial charge in [0.1, 0.15) is 0 Å². The second-order valence-electron chi connectivity index (χ2n) is 6.37. The second-order valence-corrected chi connectivity index (χ2v) is 6.37. The van der Waals surface area contributed by atoms with Crippen molar-refractivity contribution in [3.8, 4) is 0 Å². The molecular formula is C14H25ClN4O. The number of anilines is 1. The van der Waals surface area contributed by atoms with Crippen LogP contribution in [-0.2, 0) is 10.3 Å². The zero-order valence-corrected chi connectivity index (χ0v) is 13.2. The molecule has 2 rings (SSSR count). The zero-order valence-electron chi connectivity index (χ0n) is 12.4. The number of nitrogens with one attached hydrogen (secondary N) is 1. The summed E-state index contributed by atoms with van der Waals surface area (Å²) in [6.07, 6.45) is 6.69. The van der Waals surface area contributed by atoms with Crippen molar-refractivity contribution in [1.82, 2.24) is 9.78 Å². The summed E-state index contributed by atoms with van der Waals surface area (Å²) in [5.74, 6) is 0.474. The fourth-order valence-corrected chi connectivity index (χ4v) is 2.65. The summed E-state index contributed by atoms with van der Waals surface area (Å²) in [6, 6.07) is 0. The third-order valence-corrected chi connectivity index (χ3v) is 3.84. The molecule has 1 heterocycles. The summed E-state index contributed by atoms with van der Waals surface area (Å²) in [5.41, 5.74) is 6.41. The summed E-state index contributed by atoms with van der Waals surface area (Å²) in [5, 5.41) is 7.25. The molecule has 0 aliphatic heterocycles. The molecule has 0 saturated heterocycles. The topological polar surface area (TPSA) is 72.9 Å². The van der Waals surface area contributed by atoms with E-state index in [-0.39, 0.29) is 29.8 Å². The molecule has 6 heteroatoms. The largest absolute Gasteiger partial charge is 0.330 e. The van der Waals surface area contributed by atoms with E-state index >= 15 is 0 Å². The molecule has 1 saturated carbocycles. The third kappa shape index (κ3) is 3.73. The fourth-order valence-electron chi connectivity index (χ4n) is 2.65. The maximum Gasteiger partial charge on any atom is 0.227 e. The van der Waals surface area contributed by atoms with Gasteiger partial charge in [-0.15, -0.1) is 12.4 Å². The zero-order chi connectivity index (χ0) is 14.0. The van der Waals surface area contributed by atoms with E-state index < -0.39 is 0 Å². The molecule has 1 aliphatic rings. The first-order chi connectivity index (χ1) is 8.91. The SMILES string of the molecule is CC(C)(C)n1cc(NC(=O)[C@@H]2CCC[C@@H]2CN)cn1.Cl. The van der Waals surface area contributed by atoms with Gasteiger partial charge in [-0.05, 0) is 46.1 Å². The minimum absolute atomic E-state index is 0. The van der Waals surface area contributed by atoms with Crippen molar-refractivity contribution in [3.63, 3.8) is 0 Å². The average Bonchev–Trinajstić information content (AvgIpc) is 2.95. The number of hydrogen-bond acceptors (Lipinski definition) is 3. The molecule has 0 spiro atoms. The summed E-state index contributed by atoms with van der Waals surface area (Å²) >= 11 is 0. The molecule has 1 amide bonds. The maximum atomic E-state index is 12.2. The standard InChI is InChI=1S/C14H24N4O.ClH/c1-14(2,3)18-9-11(8-16-18)17-13(19)12-6-4-5-10(12)7-15;/h8-10,12H,4-7,15H2,1-3H3,(H,17,19);1H/t10-,12-;/m1./s1. The quantitative estimate of drug-likeness (QED) is 0.900. The Balaban J connectivity index is 0.00000200. The van der Waals surface area contributed by atoms with Gasteiger partial charge in [0.2, 0.25) is 5.91 Å². The number of halogens is 1. The molecular weight excluding hydrogens is 276 g/mol.